The van der Waals surface area contributed by atoms with Crippen LogP contribution in [-0.2, 0) is 20.7 Å². The molecule has 0 aliphatic heterocycles. The second-order valence-corrected chi connectivity index (χ2v) is 12.2. The van der Waals surface area contributed by atoms with Gasteiger partial charge in [0.2, 0.25) is 23.0 Å². The molecule has 0 saturated heterocycles. The van der Waals surface area contributed by atoms with E-state index in [0.717, 1.165) is 22.3 Å². The Balaban J connectivity index is 1.35. The molecule has 1 atom stereocenters. The molecule has 49 heavy (non-hydrogen) atoms. The summed E-state index contributed by atoms with van der Waals surface area (Å²) in [7, 11) is 5.92. The molecule has 3 N–H and O–H groups in total. The van der Waals surface area contributed by atoms with Gasteiger partial charge in [-0.2, -0.15) is 0 Å². The average Bonchev–Trinajstić information content (AvgIpc) is 3.38. The van der Waals surface area contributed by atoms with Crippen LogP contribution in [0.2, 0.25) is 0 Å². The molecule has 1 aliphatic rings. The number of carbonyl (C=O) groups excluding carboxylic acids is 3. The van der Waals surface area contributed by atoms with Gasteiger partial charge in [0.25, 0.3) is 0 Å². The van der Waals surface area contributed by atoms with Crippen molar-refractivity contribution in [2.24, 2.45) is 0 Å². The number of benzene rings is 2. The molecule has 0 saturated carbocycles. The topological polar surface area (TPSA) is 154 Å². The summed E-state index contributed by atoms with van der Waals surface area (Å²) in [4.78, 5) is 55.9. The zero-order valence-electron chi connectivity index (χ0n) is 27.9. The molecule has 256 valence electrons. The van der Waals surface area contributed by atoms with Crippen LogP contribution < -0.4 is 35.6 Å². The van der Waals surface area contributed by atoms with E-state index in [4.69, 9.17) is 18.9 Å². The van der Waals surface area contributed by atoms with Gasteiger partial charge < -0.3 is 34.9 Å². The molecule has 1 heterocycles. The summed E-state index contributed by atoms with van der Waals surface area (Å²) in [5.74, 6) is 0.319. The van der Waals surface area contributed by atoms with E-state index in [2.05, 4.69) is 20.9 Å². The number of amides is 2. The predicted octanol–water partition coefficient (Wildman–Crippen LogP) is 5.60. The van der Waals surface area contributed by atoms with Crippen molar-refractivity contribution in [2.45, 2.75) is 38.6 Å². The average molecular weight is 687 g/mol. The van der Waals surface area contributed by atoms with E-state index in [1.54, 1.807) is 26.4 Å². The number of ether oxygens (including phenoxy) is 4. The molecule has 0 radical (unpaired) electrons. The third kappa shape index (κ3) is 7.67. The number of methoxy groups -OCH3 is 4. The number of carbonyl (C=O) groups is 3. The van der Waals surface area contributed by atoms with Crippen molar-refractivity contribution in [3.05, 3.63) is 81.6 Å². The summed E-state index contributed by atoms with van der Waals surface area (Å²) in [6, 6.07) is 15.8. The maximum Gasteiger partial charge on any atom is 0.358 e. The standard InChI is InChI=1S/C36H38N4O8S/c1-20(41)38-25-15-13-22-18-28(45-2)32(46-3)33(47-4)30(22)23-14-16-26(27(42)19-24(23)25)37-17-9-12-29(43)39-36-40-31(35(44)48-5)34(49-36)21-10-7-6-8-11-21/h6-8,10-11,14,16,18-19,25H,9,12-13,15,17H2,1-5H3,(H,37,42)(H,38,41)(H,39,40,43)/t25-/m1/s1. The quantitative estimate of drug-likeness (QED) is 0.127. The number of nitrogens with zero attached hydrogens (tertiary/aromatic N) is 1. The van der Waals surface area contributed by atoms with Crippen molar-refractivity contribution >= 4 is 39.9 Å². The Morgan fingerprint density at radius 1 is 0.959 bits per heavy atom. The van der Waals surface area contributed by atoms with Crippen molar-refractivity contribution in [1.29, 1.82) is 0 Å². The van der Waals surface area contributed by atoms with Gasteiger partial charge in [-0.1, -0.05) is 47.7 Å². The summed E-state index contributed by atoms with van der Waals surface area (Å²) in [6.45, 7) is 1.78. The number of fused-ring (bicyclic) bond motifs is 3. The molecule has 0 fully saturated rings. The first kappa shape index (κ1) is 34.9. The number of aryl methyl sites for hydroxylation is 1. The molecular weight excluding hydrogens is 648 g/mol. The van der Waals surface area contributed by atoms with Crippen molar-refractivity contribution < 1.29 is 33.3 Å². The number of rotatable bonds is 12. The highest BCUT2D eigenvalue weighted by atomic mass is 32.1. The third-order valence-electron chi connectivity index (χ3n) is 8.10. The van der Waals surface area contributed by atoms with Crippen molar-refractivity contribution in [3.63, 3.8) is 0 Å². The number of anilines is 2. The zero-order chi connectivity index (χ0) is 35.1. The first-order valence-electron chi connectivity index (χ1n) is 15.6. The van der Waals surface area contributed by atoms with E-state index in [1.165, 1.54) is 32.5 Å². The van der Waals surface area contributed by atoms with Gasteiger partial charge in [0, 0.05) is 25.5 Å². The molecular formula is C36H38N4O8S. The number of thiazole rings is 1. The molecule has 13 heteroatoms. The second-order valence-electron chi connectivity index (χ2n) is 11.2. The van der Waals surface area contributed by atoms with Crippen LogP contribution in [-0.4, -0.2) is 57.8 Å². The Morgan fingerprint density at radius 3 is 2.39 bits per heavy atom. The molecule has 1 aromatic heterocycles. The smallest absolute Gasteiger partial charge is 0.358 e. The number of hydrogen-bond donors (Lipinski definition) is 3. The van der Waals surface area contributed by atoms with E-state index in [0.29, 0.717) is 59.2 Å². The van der Waals surface area contributed by atoms with Crippen molar-refractivity contribution in [1.82, 2.24) is 10.3 Å². The summed E-state index contributed by atoms with van der Waals surface area (Å²) in [5, 5.41) is 9.23. The van der Waals surface area contributed by atoms with Gasteiger partial charge in [-0.05, 0) is 59.7 Å². The molecule has 3 aromatic carbocycles. The lowest BCUT2D eigenvalue weighted by molar-refractivity contribution is -0.119. The SMILES string of the molecule is COC(=O)c1nc(NC(=O)CCCNc2ccc3c(cc2=O)[C@H](NC(C)=O)CCc2cc(OC)c(OC)c(OC)c2-3)sc1-c1ccccc1. The minimum Gasteiger partial charge on any atom is -0.493 e. The predicted molar refractivity (Wildman–Crippen MR) is 188 cm³/mol. The molecule has 5 rings (SSSR count). The number of hydrogen-bond acceptors (Lipinski definition) is 11. The Bertz CT molecular complexity index is 1930. The molecule has 0 bridgehead atoms. The van der Waals surface area contributed by atoms with E-state index in [-0.39, 0.29) is 34.5 Å². The van der Waals surface area contributed by atoms with Crippen molar-refractivity contribution in [2.75, 3.05) is 45.6 Å². The number of esters is 1. The minimum absolute atomic E-state index is 0.132. The molecule has 0 spiro atoms. The molecule has 2 amide bonds. The van der Waals surface area contributed by atoms with Gasteiger partial charge in [-0.25, -0.2) is 9.78 Å². The fourth-order valence-corrected chi connectivity index (χ4v) is 6.88. The molecule has 1 aliphatic carbocycles. The highest BCUT2D eigenvalue weighted by Crippen LogP contribution is 2.50. The van der Waals surface area contributed by atoms with Crippen LogP contribution in [0.4, 0.5) is 10.8 Å². The van der Waals surface area contributed by atoms with Gasteiger partial charge in [0.1, 0.15) is 0 Å². The van der Waals surface area contributed by atoms with Crippen LogP contribution in [0, 0.1) is 0 Å². The molecule has 0 unspecified atom stereocenters. The maximum atomic E-state index is 13.5. The van der Waals surface area contributed by atoms with E-state index >= 15 is 0 Å². The highest BCUT2D eigenvalue weighted by molar-refractivity contribution is 7.19. The maximum absolute atomic E-state index is 13.5. The fraction of sp³-hybridized carbons (Fsp3) is 0.306. The third-order valence-corrected chi connectivity index (χ3v) is 9.12. The minimum atomic E-state index is -0.592. The largest absolute Gasteiger partial charge is 0.493 e. The first-order valence-corrected chi connectivity index (χ1v) is 16.5. The lowest BCUT2D eigenvalue weighted by atomic mass is 9.95. The zero-order valence-corrected chi connectivity index (χ0v) is 28.7. The van der Waals surface area contributed by atoms with E-state index < -0.39 is 12.0 Å². The van der Waals surface area contributed by atoms with Crippen LogP contribution >= 0.6 is 11.3 Å². The summed E-state index contributed by atoms with van der Waals surface area (Å²) < 4.78 is 22.0. The van der Waals surface area contributed by atoms with Crippen LogP contribution in [0.25, 0.3) is 21.6 Å². The van der Waals surface area contributed by atoms with Crippen molar-refractivity contribution in [3.8, 4) is 38.8 Å². The monoisotopic (exact) mass is 686 g/mol. The Kier molecular flexibility index (Phi) is 11.1. The summed E-state index contributed by atoms with van der Waals surface area (Å²) >= 11 is 1.19. The second kappa shape index (κ2) is 15.6. The van der Waals surface area contributed by atoms with Gasteiger partial charge in [-0.3, -0.25) is 14.4 Å². The van der Waals surface area contributed by atoms with Gasteiger partial charge in [-0.15, -0.1) is 0 Å². The van der Waals surface area contributed by atoms with E-state index in [9.17, 15) is 19.2 Å². The first-order chi connectivity index (χ1) is 23.7. The highest BCUT2D eigenvalue weighted by Gasteiger charge is 2.29. The number of aromatic nitrogens is 1. The number of nitrogens with one attached hydrogen (secondary N) is 3. The van der Waals surface area contributed by atoms with E-state index in [1.807, 2.05) is 42.5 Å². The van der Waals surface area contributed by atoms with Crippen LogP contribution in [0.3, 0.4) is 0 Å². The lowest BCUT2D eigenvalue weighted by Gasteiger charge is -2.19. The lowest BCUT2D eigenvalue weighted by Crippen LogP contribution is -2.26. The normalized spacial score (nSPS) is 13.2. The van der Waals surface area contributed by atoms with Gasteiger partial charge in [0.15, 0.2) is 22.3 Å². The Morgan fingerprint density at radius 2 is 1.71 bits per heavy atom. The van der Waals surface area contributed by atoms with Gasteiger partial charge >= 0.3 is 5.97 Å². The molecule has 4 aromatic rings. The van der Waals surface area contributed by atoms with Crippen LogP contribution in [0.5, 0.6) is 17.2 Å². The Hall–Kier alpha value is -5.43. The van der Waals surface area contributed by atoms with Gasteiger partial charge in [0.05, 0.1) is 45.0 Å². The molecule has 12 nitrogen and oxygen atoms in total. The summed E-state index contributed by atoms with van der Waals surface area (Å²) in [6.07, 6.45) is 1.69. The van der Waals surface area contributed by atoms with Crippen LogP contribution in [0.15, 0.2) is 59.4 Å². The van der Waals surface area contributed by atoms with Crippen LogP contribution in [0.1, 0.15) is 53.8 Å². The summed E-state index contributed by atoms with van der Waals surface area (Å²) in [5.41, 5.74) is 4.05. The fourth-order valence-electron chi connectivity index (χ4n) is 5.90. The Labute approximate surface area is 287 Å².